The fourth-order valence-corrected chi connectivity index (χ4v) is 2.70. The summed E-state index contributed by atoms with van der Waals surface area (Å²) < 4.78 is 10.2. The zero-order chi connectivity index (χ0) is 14.3. The number of benzene rings is 1. The fourth-order valence-electron chi connectivity index (χ4n) is 1.54. The second-order valence-electron chi connectivity index (χ2n) is 4.20. The average molecular weight is 280 g/mol. The maximum Gasteiger partial charge on any atom is 0.319 e. The molecule has 0 saturated carbocycles. The summed E-state index contributed by atoms with van der Waals surface area (Å²) >= 11 is 1.49. The van der Waals surface area contributed by atoms with Crippen LogP contribution < -0.4 is 4.74 Å². The minimum absolute atomic E-state index is 0.189. The number of hydrogen-bond acceptors (Lipinski definition) is 4. The van der Waals surface area contributed by atoms with Gasteiger partial charge in [0.1, 0.15) is 11.0 Å². The van der Waals surface area contributed by atoms with E-state index in [2.05, 4.69) is 6.58 Å². The van der Waals surface area contributed by atoms with Gasteiger partial charge in [0.25, 0.3) is 0 Å². The summed E-state index contributed by atoms with van der Waals surface area (Å²) in [7, 11) is 1.63. The van der Waals surface area contributed by atoms with E-state index in [0.717, 1.165) is 16.2 Å². The summed E-state index contributed by atoms with van der Waals surface area (Å²) in [6.07, 6.45) is 0.621. The van der Waals surface area contributed by atoms with Crippen molar-refractivity contribution >= 4 is 17.7 Å². The molecular weight excluding hydrogens is 260 g/mol. The van der Waals surface area contributed by atoms with Gasteiger partial charge in [0.2, 0.25) is 0 Å². The summed E-state index contributed by atoms with van der Waals surface area (Å²) in [5.41, 5.74) is 0.971. The highest BCUT2D eigenvalue weighted by molar-refractivity contribution is 8.00. The first-order chi connectivity index (χ1) is 9.06. The van der Waals surface area contributed by atoms with Crippen molar-refractivity contribution in [2.75, 3.05) is 13.7 Å². The molecule has 0 aliphatic carbocycles. The molecule has 1 aromatic carbocycles. The van der Waals surface area contributed by atoms with Gasteiger partial charge in [-0.1, -0.05) is 5.57 Å². The number of rotatable bonds is 7. The van der Waals surface area contributed by atoms with Crippen molar-refractivity contribution in [3.05, 3.63) is 36.4 Å². The summed E-state index contributed by atoms with van der Waals surface area (Å²) in [6.45, 7) is 7.99. The van der Waals surface area contributed by atoms with Crippen LogP contribution in [0.25, 0.3) is 0 Å². The van der Waals surface area contributed by atoms with Gasteiger partial charge in [0.05, 0.1) is 13.7 Å². The molecule has 0 spiro atoms. The van der Waals surface area contributed by atoms with Crippen molar-refractivity contribution in [3.63, 3.8) is 0 Å². The second-order valence-corrected chi connectivity index (χ2v) is 5.47. The molecule has 0 heterocycles. The van der Waals surface area contributed by atoms with Crippen LogP contribution in [0.4, 0.5) is 0 Å². The van der Waals surface area contributed by atoms with Crippen LogP contribution in [0.15, 0.2) is 41.3 Å². The number of thioether (sulfide) groups is 1. The van der Waals surface area contributed by atoms with Gasteiger partial charge in [-0.15, -0.1) is 18.3 Å². The molecule has 1 aromatic rings. The Morgan fingerprint density at radius 3 is 2.47 bits per heavy atom. The third-order valence-electron chi connectivity index (χ3n) is 2.42. The first kappa shape index (κ1) is 15.6. The molecule has 19 heavy (non-hydrogen) atoms. The van der Waals surface area contributed by atoms with E-state index in [4.69, 9.17) is 9.47 Å². The zero-order valence-electron chi connectivity index (χ0n) is 11.6. The number of carbonyl (C=O) groups is 1. The van der Waals surface area contributed by atoms with Crippen molar-refractivity contribution in [2.24, 2.45) is 0 Å². The number of hydrogen-bond donors (Lipinski definition) is 0. The van der Waals surface area contributed by atoms with E-state index in [9.17, 15) is 4.79 Å². The smallest absolute Gasteiger partial charge is 0.319 e. The van der Waals surface area contributed by atoms with Gasteiger partial charge in [-0.2, -0.15) is 0 Å². The fraction of sp³-hybridized carbons (Fsp3) is 0.400. The highest BCUT2D eigenvalue weighted by Crippen LogP contribution is 2.29. The van der Waals surface area contributed by atoms with Crippen LogP contribution in [0.5, 0.6) is 5.75 Å². The Hall–Kier alpha value is -1.42. The normalized spacial score (nSPS) is 11.7. The van der Waals surface area contributed by atoms with Crippen molar-refractivity contribution in [1.29, 1.82) is 0 Å². The predicted molar refractivity (Wildman–Crippen MR) is 78.7 cm³/mol. The van der Waals surface area contributed by atoms with Crippen molar-refractivity contribution in [1.82, 2.24) is 0 Å². The zero-order valence-corrected chi connectivity index (χ0v) is 12.5. The third-order valence-corrected chi connectivity index (χ3v) is 3.61. The maximum absolute atomic E-state index is 11.9. The molecule has 104 valence electrons. The van der Waals surface area contributed by atoms with E-state index < -0.39 is 0 Å². The molecule has 0 aromatic heterocycles. The van der Waals surface area contributed by atoms with Crippen LogP contribution in [0.2, 0.25) is 0 Å². The van der Waals surface area contributed by atoms with E-state index in [1.165, 1.54) is 11.8 Å². The Bertz CT molecular complexity index is 426. The highest BCUT2D eigenvalue weighted by atomic mass is 32.2. The molecule has 0 bridgehead atoms. The molecular formula is C15H20O3S. The first-order valence-corrected chi connectivity index (χ1v) is 7.06. The quantitative estimate of drug-likeness (QED) is 0.433. The molecule has 0 aliphatic heterocycles. The van der Waals surface area contributed by atoms with Crippen LogP contribution in [0.1, 0.15) is 20.3 Å². The number of allylic oxidation sites excluding steroid dienone is 1. The Balaban J connectivity index is 2.74. The van der Waals surface area contributed by atoms with Crippen LogP contribution >= 0.6 is 11.8 Å². The van der Waals surface area contributed by atoms with Gasteiger partial charge in [0.15, 0.2) is 0 Å². The van der Waals surface area contributed by atoms with Crippen molar-refractivity contribution < 1.29 is 14.3 Å². The Morgan fingerprint density at radius 2 is 2.00 bits per heavy atom. The molecule has 1 atom stereocenters. The molecule has 0 saturated heterocycles. The second kappa shape index (κ2) is 7.89. The maximum atomic E-state index is 11.9. The molecule has 0 N–H and O–H groups in total. The molecule has 0 fully saturated rings. The first-order valence-electron chi connectivity index (χ1n) is 6.18. The van der Waals surface area contributed by atoms with E-state index in [-0.39, 0.29) is 11.2 Å². The van der Waals surface area contributed by atoms with Gasteiger partial charge >= 0.3 is 5.97 Å². The number of methoxy groups -OCH3 is 1. The molecule has 1 unspecified atom stereocenters. The summed E-state index contributed by atoms with van der Waals surface area (Å²) in [6, 6.07) is 7.64. The minimum Gasteiger partial charge on any atom is -0.497 e. The number of carbonyl (C=O) groups excluding carboxylic acids is 1. The van der Waals surface area contributed by atoms with E-state index in [1.54, 1.807) is 7.11 Å². The van der Waals surface area contributed by atoms with Crippen LogP contribution in [0, 0.1) is 0 Å². The Kier molecular flexibility index (Phi) is 6.50. The van der Waals surface area contributed by atoms with Gasteiger partial charge in [-0.3, -0.25) is 4.79 Å². The average Bonchev–Trinajstić information content (AvgIpc) is 2.38. The van der Waals surface area contributed by atoms with Crippen molar-refractivity contribution in [2.45, 2.75) is 30.4 Å². The SMILES string of the molecule is C=C(C)CC(Sc1ccc(OC)cc1)C(=O)OCC. The van der Waals surface area contributed by atoms with Crippen molar-refractivity contribution in [3.8, 4) is 5.75 Å². The van der Waals surface area contributed by atoms with E-state index in [1.807, 2.05) is 38.1 Å². The summed E-state index contributed by atoms with van der Waals surface area (Å²) in [5.74, 6) is 0.614. The lowest BCUT2D eigenvalue weighted by Gasteiger charge is -2.15. The topological polar surface area (TPSA) is 35.5 Å². The summed E-state index contributed by atoms with van der Waals surface area (Å²) in [5, 5.41) is -0.245. The van der Waals surface area contributed by atoms with Crippen LogP contribution in [-0.4, -0.2) is 24.9 Å². The lowest BCUT2D eigenvalue weighted by Crippen LogP contribution is -2.20. The minimum atomic E-state index is -0.245. The van der Waals surface area contributed by atoms with Gasteiger partial charge < -0.3 is 9.47 Å². The largest absolute Gasteiger partial charge is 0.497 e. The molecule has 1 rings (SSSR count). The summed E-state index contributed by atoms with van der Waals surface area (Å²) in [4.78, 5) is 12.9. The van der Waals surface area contributed by atoms with Crippen LogP contribution in [-0.2, 0) is 9.53 Å². The number of ether oxygens (including phenoxy) is 2. The molecule has 0 radical (unpaired) electrons. The van der Waals surface area contributed by atoms with Gasteiger partial charge in [-0.25, -0.2) is 0 Å². The third kappa shape index (κ3) is 5.39. The molecule has 0 amide bonds. The van der Waals surface area contributed by atoms with Crippen LogP contribution in [0.3, 0.4) is 0 Å². The highest BCUT2D eigenvalue weighted by Gasteiger charge is 2.21. The van der Waals surface area contributed by atoms with E-state index >= 15 is 0 Å². The Morgan fingerprint density at radius 1 is 1.37 bits per heavy atom. The molecule has 3 nitrogen and oxygen atoms in total. The standard InChI is InChI=1S/C15H20O3S/c1-5-18-15(16)14(10-11(2)3)19-13-8-6-12(17-4)7-9-13/h6-9,14H,2,5,10H2,1,3-4H3. The van der Waals surface area contributed by atoms with E-state index in [0.29, 0.717) is 13.0 Å². The van der Waals surface area contributed by atoms with Gasteiger partial charge in [-0.05, 0) is 44.5 Å². The lowest BCUT2D eigenvalue weighted by atomic mass is 10.2. The Labute approximate surface area is 119 Å². The predicted octanol–water partition coefficient (Wildman–Crippen LogP) is 3.69. The monoisotopic (exact) mass is 280 g/mol. The lowest BCUT2D eigenvalue weighted by molar-refractivity contribution is -0.142. The number of esters is 1. The molecule has 4 heteroatoms. The molecule has 0 aliphatic rings. The van der Waals surface area contributed by atoms with Gasteiger partial charge in [0, 0.05) is 4.90 Å².